The summed E-state index contributed by atoms with van der Waals surface area (Å²) < 4.78 is 12.3. The Morgan fingerprint density at radius 1 is 0.962 bits per heavy atom. The van der Waals surface area contributed by atoms with E-state index in [-0.39, 0.29) is 11.9 Å². The second kappa shape index (κ2) is 5.81. The first-order valence-corrected chi connectivity index (χ1v) is 11.0. The van der Waals surface area contributed by atoms with Crippen molar-refractivity contribution in [2.45, 2.75) is 84.0 Å². The monoisotopic (exact) mass is 360 g/mol. The van der Waals surface area contributed by atoms with Gasteiger partial charge in [0.1, 0.15) is 0 Å². The number of allylic oxidation sites excluding steroid dienone is 1. The molecule has 7 atom stereocenters. The van der Waals surface area contributed by atoms with Gasteiger partial charge in [-0.3, -0.25) is 0 Å². The first-order chi connectivity index (χ1) is 12.4. The standard InChI is InChI=1S/C23H36O3/c1-21-10-8-16(24)14-15(21)4-5-17-18-6-7-20(23(3)25-12-13-26-23)22(18,2)11-9-19(17)21/h4,16-20,24H,5-14H2,1-3H3/t16-,17-,18-,19-,20-,21+,22+/m1/s1. The number of ether oxygens (including phenoxy) is 2. The van der Waals surface area contributed by atoms with Gasteiger partial charge >= 0.3 is 0 Å². The van der Waals surface area contributed by atoms with Crippen LogP contribution < -0.4 is 0 Å². The molecule has 1 heterocycles. The van der Waals surface area contributed by atoms with Crippen LogP contribution in [0.3, 0.4) is 0 Å². The van der Waals surface area contributed by atoms with Crippen molar-refractivity contribution in [1.82, 2.24) is 0 Å². The molecule has 0 unspecified atom stereocenters. The quantitative estimate of drug-likeness (QED) is 0.690. The first kappa shape index (κ1) is 17.7. The van der Waals surface area contributed by atoms with Gasteiger partial charge < -0.3 is 14.6 Å². The molecule has 4 fully saturated rings. The number of fused-ring (bicyclic) bond motifs is 5. The van der Waals surface area contributed by atoms with Crippen LogP contribution in [0.1, 0.15) is 72.1 Å². The molecule has 3 nitrogen and oxygen atoms in total. The Balaban J connectivity index is 1.45. The summed E-state index contributed by atoms with van der Waals surface area (Å²) in [6, 6.07) is 0. The molecular formula is C23H36O3. The predicted molar refractivity (Wildman–Crippen MR) is 102 cm³/mol. The molecule has 0 aromatic heterocycles. The van der Waals surface area contributed by atoms with Gasteiger partial charge in [0, 0.05) is 5.92 Å². The lowest BCUT2D eigenvalue weighted by Crippen LogP contribution is -2.53. The van der Waals surface area contributed by atoms with Gasteiger partial charge in [-0.25, -0.2) is 0 Å². The number of aliphatic hydroxyl groups is 1. The fraction of sp³-hybridized carbons (Fsp3) is 0.913. The Bertz CT molecular complexity index is 607. The summed E-state index contributed by atoms with van der Waals surface area (Å²) in [5.74, 6) is 2.61. The SMILES string of the molecule is CC1([C@@H]2CC[C@@H]3[C@H]4CC=C5C[C@H](O)CC[C@]5(C)[C@@H]4CC[C@@]32C)OCCO1. The summed E-state index contributed by atoms with van der Waals surface area (Å²) in [5, 5.41) is 10.2. The Morgan fingerprint density at radius 3 is 2.50 bits per heavy atom. The van der Waals surface area contributed by atoms with Crippen LogP contribution in [-0.4, -0.2) is 30.2 Å². The average Bonchev–Trinajstić information content (AvgIpc) is 3.19. The molecule has 3 saturated carbocycles. The average molecular weight is 361 g/mol. The maximum absolute atomic E-state index is 10.2. The van der Waals surface area contributed by atoms with E-state index in [4.69, 9.17) is 9.47 Å². The summed E-state index contributed by atoms with van der Waals surface area (Å²) in [5.41, 5.74) is 2.27. The number of hydrogen-bond acceptors (Lipinski definition) is 3. The third kappa shape index (κ3) is 2.29. The first-order valence-electron chi connectivity index (χ1n) is 11.0. The van der Waals surface area contributed by atoms with Gasteiger partial charge in [-0.1, -0.05) is 25.5 Å². The summed E-state index contributed by atoms with van der Waals surface area (Å²) in [4.78, 5) is 0. The van der Waals surface area contributed by atoms with Gasteiger partial charge in [0.05, 0.1) is 19.3 Å². The minimum absolute atomic E-state index is 0.104. The van der Waals surface area contributed by atoms with Crippen molar-refractivity contribution in [3.63, 3.8) is 0 Å². The molecule has 1 aliphatic heterocycles. The van der Waals surface area contributed by atoms with Crippen LogP contribution in [-0.2, 0) is 9.47 Å². The van der Waals surface area contributed by atoms with Crippen molar-refractivity contribution in [2.75, 3.05) is 13.2 Å². The maximum atomic E-state index is 10.2. The number of rotatable bonds is 1. The highest BCUT2D eigenvalue weighted by molar-refractivity contribution is 5.25. The molecule has 0 aromatic carbocycles. The predicted octanol–water partition coefficient (Wildman–Crippen LogP) is 4.69. The highest BCUT2D eigenvalue weighted by Crippen LogP contribution is 2.68. The number of aliphatic hydroxyl groups excluding tert-OH is 1. The lowest BCUT2D eigenvalue weighted by Gasteiger charge is -2.58. The molecule has 1 N–H and O–H groups in total. The lowest BCUT2D eigenvalue weighted by molar-refractivity contribution is -0.214. The van der Waals surface area contributed by atoms with Crippen molar-refractivity contribution in [3.05, 3.63) is 11.6 Å². The molecule has 0 spiro atoms. The third-order valence-electron chi connectivity index (χ3n) is 9.57. The molecule has 0 bridgehead atoms. The smallest absolute Gasteiger partial charge is 0.169 e. The number of hydrogen-bond donors (Lipinski definition) is 1. The van der Waals surface area contributed by atoms with Gasteiger partial charge in [-0.05, 0) is 86.9 Å². The van der Waals surface area contributed by atoms with Gasteiger partial charge in [0.15, 0.2) is 5.79 Å². The molecule has 1 saturated heterocycles. The van der Waals surface area contributed by atoms with Crippen LogP contribution in [0.25, 0.3) is 0 Å². The zero-order chi connectivity index (χ0) is 18.2. The van der Waals surface area contributed by atoms with Gasteiger partial charge in [0.2, 0.25) is 0 Å². The van der Waals surface area contributed by atoms with E-state index in [9.17, 15) is 5.11 Å². The van der Waals surface area contributed by atoms with Crippen LogP contribution in [0.15, 0.2) is 11.6 Å². The summed E-state index contributed by atoms with van der Waals surface area (Å²) in [7, 11) is 0. The molecule has 146 valence electrons. The van der Waals surface area contributed by atoms with E-state index in [0.29, 0.717) is 16.7 Å². The Hall–Kier alpha value is -0.380. The molecule has 3 heteroatoms. The third-order valence-corrected chi connectivity index (χ3v) is 9.57. The normalized spacial score (nSPS) is 52.8. The maximum Gasteiger partial charge on any atom is 0.169 e. The van der Waals surface area contributed by atoms with E-state index in [0.717, 1.165) is 43.8 Å². The van der Waals surface area contributed by atoms with Crippen molar-refractivity contribution < 1.29 is 14.6 Å². The minimum atomic E-state index is -0.356. The molecule has 0 aromatic rings. The van der Waals surface area contributed by atoms with E-state index < -0.39 is 0 Å². The topological polar surface area (TPSA) is 38.7 Å². The molecule has 0 amide bonds. The van der Waals surface area contributed by atoms with Crippen LogP contribution in [0, 0.1) is 34.5 Å². The van der Waals surface area contributed by atoms with E-state index in [1.165, 1.54) is 38.5 Å². The van der Waals surface area contributed by atoms with E-state index in [2.05, 4.69) is 26.8 Å². The summed E-state index contributed by atoms with van der Waals surface area (Å²) >= 11 is 0. The van der Waals surface area contributed by atoms with E-state index >= 15 is 0 Å². The fourth-order valence-electron chi connectivity index (χ4n) is 8.23. The molecule has 0 radical (unpaired) electrons. The highest BCUT2D eigenvalue weighted by atomic mass is 16.7. The second-order valence-electron chi connectivity index (χ2n) is 10.5. The van der Waals surface area contributed by atoms with Gasteiger partial charge in [-0.2, -0.15) is 0 Å². The molecule has 5 aliphatic rings. The molecule has 4 aliphatic carbocycles. The zero-order valence-corrected chi connectivity index (χ0v) is 16.8. The minimum Gasteiger partial charge on any atom is -0.393 e. The lowest BCUT2D eigenvalue weighted by atomic mass is 9.47. The Kier molecular flexibility index (Phi) is 3.96. The van der Waals surface area contributed by atoms with Crippen LogP contribution in [0.4, 0.5) is 0 Å². The molecule has 26 heavy (non-hydrogen) atoms. The van der Waals surface area contributed by atoms with Crippen LogP contribution in [0.5, 0.6) is 0 Å². The largest absolute Gasteiger partial charge is 0.393 e. The highest BCUT2D eigenvalue weighted by Gasteiger charge is 2.62. The molecular weight excluding hydrogens is 324 g/mol. The second-order valence-corrected chi connectivity index (χ2v) is 10.5. The van der Waals surface area contributed by atoms with Crippen LogP contribution >= 0.6 is 0 Å². The van der Waals surface area contributed by atoms with Crippen molar-refractivity contribution in [3.8, 4) is 0 Å². The van der Waals surface area contributed by atoms with E-state index in [1.807, 2.05) is 0 Å². The molecule has 5 rings (SSSR count). The Labute approximate surface area is 158 Å². The van der Waals surface area contributed by atoms with E-state index in [1.54, 1.807) is 5.57 Å². The van der Waals surface area contributed by atoms with Gasteiger partial charge in [-0.15, -0.1) is 0 Å². The van der Waals surface area contributed by atoms with Gasteiger partial charge in [0.25, 0.3) is 0 Å². The Morgan fingerprint density at radius 2 is 1.73 bits per heavy atom. The summed E-state index contributed by atoms with van der Waals surface area (Å²) in [6.07, 6.45) is 12.0. The summed E-state index contributed by atoms with van der Waals surface area (Å²) in [6.45, 7) is 8.78. The van der Waals surface area contributed by atoms with Crippen LogP contribution in [0.2, 0.25) is 0 Å². The fourth-order valence-corrected chi connectivity index (χ4v) is 8.23. The van der Waals surface area contributed by atoms with Crippen molar-refractivity contribution in [1.29, 1.82) is 0 Å². The van der Waals surface area contributed by atoms with Crippen molar-refractivity contribution in [2.24, 2.45) is 34.5 Å². The van der Waals surface area contributed by atoms with Crippen molar-refractivity contribution >= 4 is 0 Å². The zero-order valence-electron chi connectivity index (χ0n) is 16.8.